The molecule has 2 aliphatic heterocycles. The summed E-state index contributed by atoms with van der Waals surface area (Å²) in [4.78, 5) is 9.42. The van der Waals surface area contributed by atoms with Gasteiger partial charge in [0, 0.05) is 5.92 Å². The van der Waals surface area contributed by atoms with Crippen molar-refractivity contribution in [2.75, 3.05) is 0 Å². The predicted molar refractivity (Wildman–Crippen MR) is 70.7 cm³/mol. The molecule has 3 nitrogen and oxygen atoms in total. The molecule has 2 atom stereocenters. The summed E-state index contributed by atoms with van der Waals surface area (Å²) in [6, 6.07) is 15.3. The highest BCUT2D eigenvalue weighted by Crippen LogP contribution is 2.53. The summed E-state index contributed by atoms with van der Waals surface area (Å²) in [6.07, 6.45) is 3.18. The maximum absolute atomic E-state index is 4.86. The normalized spacial score (nSPS) is 22.5. The second-order valence-electron chi connectivity index (χ2n) is 5.38. The van der Waals surface area contributed by atoms with Crippen LogP contribution in [-0.4, -0.2) is 9.97 Å². The maximum atomic E-state index is 4.86. The van der Waals surface area contributed by atoms with Crippen LogP contribution in [0.15, 0.2) is 48.8 Å². The van der Waals surface area contributed by atoms with Gasteiger partial charge in [0.05, 0.1) is 11.6 Å². The molecule has 1 aromatic carbocycles. The standard InChI is InChI=1S/C16H12N3/c1-2-5-11-10(4-1)12-8-15(12)19-9-17-13-6-3-7-14(13)18-16(11)19/h1-7,9,12,15H,8H2/q+1. The molecule has 0 amide bonds. The summed E-state index contributed by atoms with van der Waals surface area (Å²) in [7, 11) is 0. The van der Waals surface area contributed by atoms with Crippen LogP contribution >= 0.6 is 0 Å². The van der Waals surface area contributed by atoms with Gasteiger partial charge in [-0.15, -0.1) is 4.98 Å². The molecule has 1 fully saturated rings. The topological polar surface area (TPSA) is 29.7 Å². The molecule has 90 valence electrons. The minimum absolute atomic E-state index is 0.557. The fraction of sp³-hybridized carbons (Fsp3) is 0.188. The van der Waals surface area contributed by atoms with Crippen LogP contribution in [0.5, 0.6) is 0 Å². The Morgan fingerprint density at radius 1 is 1.00 bits per heavy atom. The molecule has 2 aliphatic carbocycles. The zero-order valence-corrected chi connectivity index (χ0v) is 10.3. The van der Waals surface area contributed by atoms with Gasteiger partial charge in [-0.05, 0) is 30.2 Å². The van der Waals surface area contributed by atoms with E-state index in [-0.39, 0.29) is 0 Å². The Bertz CT molecular complexity index is 781. The van der Waals surface area contributed by atoms with Gasteiger partial charge in [0.2, 0.25) is 6.33 Å². The molecule has 0 bridgehead atoms. The van der Waals surface area contributed by atoms with Crippen molar-refractivity contribution in [1.82, 2.24) is 9.97 Å². The molecular weight excluding hydrogens is 234 g/mol. The van der Waals surface area contributed by atoms with Crippen LogP contribution in [0, 0.1) is 0 Å². The number of aromatic nitrogens is 3. The Labute approximate surface area is 110 Å². The lowest BCUT2D eigenvalue weighted by molar-refractivity contribution is -0.696. The van der Waals surface area contributed by atoms with E-state index in [1.54, 1.807) is 0 Å². The molecule has 3 heteroatoms. The van der Waals surface area contributed by atoms with E-state index in [9.17, 15) is 0 Å². The van der Waals surface area contributed by atoms with Crippen LogP contribution in [0.4, 0.5) is 0 Å². The van der Waals surface area contributed by atoms with Gasteiger partial charge in [-0.25, -0.2) is 4.57 Å². The van der Waals surface area contributed by atoms with Gasteiger partial charge in [-0.2, -0.15) is 0 Å². The largest absolute Gasteiger partial charge is 0.271 e. The quantitative estimate of drug-likeness (QED) is 0.571. The van der Waals surface area contributed by atoms with Crippen molar-refractivity contribution >= 4 is 0 Å². The minimum Gasteiger partial charge on any atom is -0.230 e. The Kier molecular flexibility index (Phi) is 1.61. The van der Waals surface area contributed by atoms with E-state index in [0.717, 1.165) is 17.2 Å². The van der Waals surface area contributed by atoms with Gasteiger partial charge in [0.1, 0.15) is 0 Å². The van der Waals surface area contributed by atoms with E-state index in [1.165, 1.54) is 17.5 Å². The van der Waals surface area contributed by atoms with Crippen molar-refractivity contribution in [1.29, 1.82) is 0 Å². The number of hydrogen-bond donors (Lipinski definition) is 0. The summed E-state index contributed by atoms with van der Waals surface area (Å²) in [6.45, 7) is 0. The monoisotopic (exact) mass is 246 g/mol. The lowest BCUT2D eigenvalue weighted by Gasteiger charge is -2.12. The molecule has 19 heavy (non-hydrogen) atoms. The molecule has 0 spiro atoms. The number of nitrogens with zero attached hydrogens (tertiary/aromatic N) is 3. The van der Waals surface area contributed by atoms with Crippen LogP contribution < -0.4 is 4.57 Å². The molecule has 5 rings (SSSR count). The molecule has 4 aliphatic rings. The Hall–Kier alpha value is -2.29. The third-order valence-corrected chi connectivity index (χ3v) is 4.28. The van der Waals surface area contributed by atoms with Crippen LogP contribution in [-0.2, 0) is 0 Å². The Morgan fingerprint density at radius 3 is 2.89 bits per heavy atom. The summed E-state index contributed by atoms with van der Waals surface area (Å²) in [5, 5.41) is 0. The number of hydrogen-bond acceptors (Lipinski definition) is 2. The van der Waals surface area contributed by atoms with Crippen molar-refractivity contribution in [2.45, 2.75) is 18.4 Å². The number of rotatable bonds is 0. The van der Waals surface area contributed by atoms with Crippen molar-refractivity contribution in [3.05, 3.63) is 54.4 Å². The average molecular weight is 246 g/mol. The molecule has 2 unspecified atom stereocenters. The first-order valence-corrected chi connectivity index (χ1v) is 6.68. The fourth-order valence-electron chi connectivity index (χ4n) is 3.25. The lowest BCUT2D eigenvalue weighted by Crippen LogP contribution is -2.37. The first-order valence-electron chi connectivity index (χ1n) is 6.68. The molecular formula is C16H12N3+. The highest BCUT2D eigenvalue weighted by Gasteiger charge is 2.49. The molecule has 1 aromatic rings. The van der Waals surface area contributed by atoms with Gasteiger partial charge in [-0.1, -0.05) is 29.2 Å². The Morgan fingerprint density at radius 2 is 1.89 bits per heavy atom. The highest BCUT2D eigenvalue weighted by molar-refractivity contribution is 5.65. The van der Waals surface area contributed by atoms with Gasteiger partial charge in [0.15, 0.2) is 11.4 Å². The second kappa shape index (κ2) is 3.18. The van der Waals surface area contributed by atoms with Crippen LogP contribution in [0.2, 0.25) is 0 Å². The maximum Gasteiger partial charge on any atom is 0.271 e. The van der Waals surface area contributed by atoms with Crippen molar-refractivity contribution in [2.24, 2.45) is 0 Å². The SMILES string of the molecule is c1cc2nc[n+]3c(nc-2c1)-c1ccccc1C1CC13. The molecule has 0 radical (unpaired) electrons. The predicted octanol–water partition coefficient (Wildman–Crippen LogP) is 2.58. The van der Waals surface area contributed by atoms with Crippen LogP contribution in [0.25, 0.3) is 22.8 Å². The van der Waals surface area contributed by atoms with E-state index in [4.69, 9.17) is 4.98 Å². The van der Waals surface area contributed by atoms with Gasteiger partial charge in [-0.3, -0.25) is 0 Å². The number of benzene rings is 1. The first-order chi connectivity index (χ1) is 9.42. The summed E-state index contributed by atoms with van der Waals surface area (Å²) in [5.41, 5.74) is 4.66. The summed E-state index contributed by atoms with van der Waals surface area (Å²) < 4.78 is 2.26. The fourth-order valence-corrected chi connectivity index (χ4v) is 3.25. The molecule has 2 heterocycles. The molecule has 0 aromatic heterocycles. The van der Waals surface area contributed by atoms with Crippen LogP contribution in [0.3, 0.4) is 0 Å². The average Bonchev–Trinajstić information content (AvgIpc) is 3.16. The van der Waals surface area contributed by atoms with E-state index >= 15 is 0 Å². The van der Waals surface area contributed by atoms with E-state index in [0.29, 0.717) is 12.0 Å². The van der Waals surface area contributed by atoms with Crippen molar-refractivity contribution in [3.63, 3.8) is 0 Å². The summed E-state index contributed by atoms with van der Waals surface area (Å²) >= 11 is 0. The highest BCUT2D eigenvalue weighted by atomic mass is 15.2. The first kappa shape index (κ1) is 9.62. The number of fused-ring (bicyclic) bond motifs is 7. The Balaban J connectivity index is 1.90. The lowest BCUT2D eigenvalue weighted by atomic mass is 10.00. The smallest absolute Gasteiger partial charge is 0.230 e. The minimum atomic E-state index is 0.557. The third kappa shape index (κ3) is 1.19. The van der Waals surface area contributed by atoms with Crippen molar-refractivity contribution in [3.8, 4) is 22.8 Å². The van der Waals surface area contributed by atoms with Gasteiger partial charge >= 0.3 is 0 Å². The molecule has 1 saturated carbocycles. The molecule has 0 saturated heterocycles. The summed E-state index contributed by atoms with van der Waals surface area (Å²) in [5.74, 6) is 1.72. The zero-order chi connectivity index (χ0) is 12.4. The van der Waals surface area contributed by atoms with Gasteiger partial charge in [0.25, 0.3) is 5.82 Å². The zero-order valence-electron chi connectivity index (χ0n) is 10.3. The second-order valence-corrected chi connectivity index (χ2v) is 5.38. The van der Waals surface area contributed by atoms with E-state index in [2.05, 4.69) is 33.8 Å². The molecule has 0 N–H and O–H groups in total. The van der Waals surface area contributed by atoms with E-state index in [1.807, 2.05) is 24.5 Å². The third-order valence-electron chi connectivity index (χ3n) is 4.28. The van der Waals surface area contributed by atoms with Gasteiger partial charge < -0.3 is 0 Å². The van der Waals surface area contributed by atoms with Crippen molar-refractivity contribution < 1.29 is 4.57 Å². The van der Waals surface area contributed by atoms with E-state index < -0.39 is 0 Å². The van der Waals surface area contributed by atoms with Crippen LogP contribution in [0.1, 0.15) is 23.9 Å².